The van der Waals surface area contributed by atoms with Gasteiger partial charge < -0.3 is 14.6 Å². The standard InChI is InChI=1S/C11H14N2O3/c14-8-10-4-1-5-12(10)7-9-3-2-6-13(9)11(15)16/h1,4-5,8-9H,2-3,6-7H2,(H,15,16). The topological polar surface area (TPSA) is 62.5 Å². The molecule has 1 amide bonds. The molecule has 2 rings (SSSR count). The lowest BCUT2D eigenvalue weighted by molar-refractivity contribution is 0.111. The fourth-order valence-electron chi connectivity index (χ4n) is 2.20. The van der Waals surface area contributed by atoms with Gasteiger partial charge in [0.15, 0.2) is 6.29 Å². The number of hydrogen-bond donors (Lipinski definition) is 1. The van der Waals surface area contributed by atoms with E-state index in [-0.39, 0.29) is 6.04 Å². The molecule has 16 heavy (non-hydrogen) atoms. The minimum absolute atomic E-state index is 0.0106. The number of carbonyl (C=O) groups excluding carboxylic acids is 1. The van der Waals surface area contributed by atoms with Crippen LogP contribution < -0.4 is 0 Å². The maximum Gasteiger partial charge on any atom is 0.407 e. The second kappa shape index (κ2) is 4.38. The first-order valence-electron chi connectivity index (χ1n) is 5.32. The van der Waals surface area contributed by atoms with E-state index in [2.05, 4.69) is 0 Å². The third-order valence-corrected chi connectivity index (χ3v) is 3.02. The molecule has 1 saturated heterocycles. The molecule has 1 aliphatic rings. The Kier molecular flexibility index (Phi) is 2.94. The number of carboxylic acid groups (broad SMARTS) is 1. The normalized spacial score (nSPS) is 20.0. The molecule has 0 saturated carbocycles. The molecular weight excluding hydrogens is 208 g/mol. The number of rotatable bonds is 3. The van der Waals surface area contributed by atoms with E-state index in [0.29, 0.717) is 18.8 Å². The molecule has 0 spiro atoms. The van der Waals surface area contributed by atoms with E-state index < -0.39 is 6.09 Å². The molecule has 1 aromatic rings. The van der Waals surface area contributed by atoms with Gasteiger partial charge in [-0.15, -0.1) is 0 Å². The first kappa shape index (κ1) is 10.7. The van der Waals surface area contributed by atoms with E-state index in [9.17, 15) is 9.59 Å². The summed E-state index contributed by atoms with van der Waals surface area (Å²) in [5, 5.41) is 8.99. The average molecular weight is 222 g/mol. The lowest BCUT2D eigenvalue weighted by Crippen LogP contribution is -2.37. The van der Waals surface area contributed by atoms with E-state index >= 15 is 0 Å². The van der Waals surface area contributed by atoms with Crippen molar-refractivity contribution in [3.8, 4) is 0 Å². The second-order valence-electron chi connectivity index (χ2n) is 3.98. The lowest BCUT2D eigenvalue weighted by Gasteiger charge is -2.22. The van der Waals surface area contributed by atoms with E-state index in [1.54, 1.807) is 16.7 Å². The number of aromatic nitrogens is 1. The molecule has 0 radical (unpaired) electrons. The zero-order valence-corrected chi connectivity index (χ0v) is 8.87. The highest BCUT2D eigenvalue weighted by Gasteiger charge is 2.28. The molecular formula is C11H14N2O3. The van der Waals surface area contributed by atoms with Crippen LogP contribution in [0.1, 0.15) is 23.3 Å². The molecule has 0 aromatic carbocycles. The highest BCUT2D eigenvalue weighted by atomic mass is 16.4. The predicted octanol–water partition coefficient (Wildman–Crippen LogP) is 1.44. The van der Waals surface area contributed by atoms with Crippen molar-refractivity contribution in [2.45, 2.75) is 25.4 Å². The Morgan fingerprint density at radius 1 is 1.62 bits per heavy atom. The first-order valence-corrected chi connectivity index (χ1v) is 5.32. The summed E-state index contributed by atoms with van der Waals surface area (Å²) in [5.41, 5.74) is 0.595. The number of carbonyl (C=O) groups is 2. The van der Waals surface area contributed by atoms with E-state index in [0.717, 1.165) is 19.1 Å². The predicted molar refractivity (Wildman–Crippen MR) is 57.6 cm³/mol. The van der Waals surface area contributed by atoms with Crippen LogP contribution in [0.5, 0.6) is 0 Å². The van der Waals surface area contributed by atoms with Gasteiger partial charge in [-0.3, -0.25) is 4.79 Å². The van der Waals surface area contributed by atoms with Gasteiger partial charge in [-0.2, -0.15) is 0 Å². The molecule has 0 aliphatic carbocycles. The molecule has 86 valence electrons. The first-order chi connectivity index (χ1) is 7.72. The van der Waals surface area contributed by atoms with Gasteiger partial charge in [-0.25, -0.2) is 4.79 Å². The van der Waals surface area contributed by atoms with Crippen LogP contribution >= 0.6 is 0 Å². The van der Waals surface area contributed by atoms with Crippen LogP contribution in [0.25, 0.3) is 0 Å². The quantitative estimate of drug-likeness (QED) is 0.787. The average Bonchev–Trinajstić information content (AvgIpc) is 2.86. The van der Waals surface area contributed by atoms with Crippen LogP contribution in [0.4, 0.5) is 4.79 Å². The van der Waals surface area contributed by atoms with Gasteiger partial charge in [0.05, 0.1) is 11.7 Å². The van der Waals surface area contributed by atoms with Crippen LogP contribution in [0.3, 0.4) is 0 Å². The molecule has 1 unspecified atom stereocenters. The molecule has 1 N–H and O–H groups in total. The Hall–Kier alpha value is -1.78. The van der Waals surface area contributed by atoms with E-state index in [1.165, 1.54) is 4.90 Å². The molecule has 2 heterocycles. The van der Waals surface area contributed by atoms with Crippen molar-refractivity contribution in [2.24, 2.45) is 0 Å². The minimum Gasteiger partial charge on any atom is -0.465 e. The maximum absolute atomic E-state index is 10.9. The highest BCUT2D eigenvalue weighted by Crippen LogP contribution is 2.19. The molecule has 5 nitrogen and oxygen atoms in total. The van der Waals surface area contributed by atoms with Crippen molar-refractivity contribution >= 4 is 12.4 Å². The molecule has 1 fully saturated rings. The van der Waals surface area contributed by atoms with Crippen LogP contribution in [0, 0.1) is 0 Å². The van der Waals surface area contributed by atoms with Gasteiger partial charge in [-0.1, -0.05) is 0 Å². The number of hydrogen-bond acceptors (Lipinski definition) is 2. The summed E-state index contributed by atoms with van der Waals surface area (Å²) in [7, 11) is 0. The zero-order chi connectivity index (χ0) is 11.5. The van der Waals surface area contributed by atoms with Crippen molar-refractivity contribution in [3.05, 3.63) is 24.0 Å². The number of amides is 1. The third kappa shape index (κ3) is 1.93. The van der Waals surface area contributed by atoms with E-state index in [1.807, 2.05) is 6.20 Å². The largest absolute Gasteiger partial charge is 0.465 e. The van der Waals surface area contributed by atoms with Gasteiger partial charge in [-0.05, 0) is 25.0 Å². The Labute approximate surface area is 93.3 Å². The summed E-state index contributed by atoms with van der Waals surface area (Å²) in [6.45, 7) is 1.16. The monoisotopic (exact) mass is 222 g/mol. The van der Waals surface area contributed by atoms with Crippen molar-refractivity contribution in [1.82, 2.24) is 9.47 Å². The molecule has 1 atom stereocenters. The second-order valence-corrected chi connectivity index (χ2v) is 3.98. The summed E-state index contributed by atoms with van der Waals surface area (Å²) in [5.74, 6) is 0. The smallest absolute Gasteiger partial charge is 0.407 e. The maximum atomic E-state index is 10.9. The summed E-state index contributed by atoms with van der Waals surface area (Å²) in [6, 6.07) is 3.51. The van der Waals surface area contributed by atoms with Gasteiger partial charge in [0.25, 0.3) is 0 Å². The Balaban J connectivity index is 2.09. The van der Waals surface area contributed by atoms with Crippen LogP contribution in [0.2, 0.25) is 0 Å². The van der Waals surface area contributed by atoms with Gasteiger partial charge >= 0.3 is 6.09 Å². The van der Waals surface area contributed by atoms with Gasteiger partial charge in [0, 0.05) is 19.3 Å². The van der Waals surface area contributed by atoms with Crippen LogP contribution in [-0.4, -0.2) is 39.5 Å². The van der Waals surface area contributed by atoms with Crippen LogP contribution in [-0.2, 0) is 6.54 Å². The third-order valence-electron chi connectivity index (χ3n) is 3.02. The SMILES string of the molecule is O=Cc1cccn1CC1CCCN1C(=O)O. The van der Waals surface area contributed by atoms with Gasteiger partial charge in [0.1, 0.15) is 0 Å². The lowest BCUT2D eigenvalue weighted by atomic mass is 10.2. The van der Waals surface area contributed by atoms with Crippen molar-refractivity contribution in [3.63, 3.8) is 0 Å². The summed E-state index contributed by atoms with van der Waals surface area (Å²) < 4.78 is 1.80. The fraction of sp³-hybridized carbons (Fsp3) is 0.455. The zero-order valence-electron chi connectivity index (χ0n) is 8.87. The number of likely N-dealkylation sites (tertiary alicyclic amines) is 1. The number of aldehydes is 1. The summed E-state index contributed by atoms with van der Waals surface area (Å²) in [4.78, 5) is 23.1. The highest BCUT2D eigenvalue weighted by molar-refractivity contribution is 5.72. The molecule has 0 bridgehead atoms. The van der Waals surface area contributed by atoms with Crippen molar-refractivity contribution < 1.29 is 14.7 Å². The van der Waals surface area contributed by atoms with Gasteiger partial charge in [0.2, 0.25) is 0 Å². The minimum atomic E-state index is -0.873. The molecule has 1 aliphatic heterocycles. The Morgan fingerprint density at radius 3 is 3.12 bits per heavy atom. The fourth-order valence-corrected chi connectivity index (χ4v) is 2.20. The van der Waals surface area contributed by atoms with E-state index in [4.69, 9.17) is 5.11 Å². The Morgan fingerprint density at radius 2 is 2.44 bits per heavy atom. The summed E-state index contributed by atoms with van der Waals surface area (Å²) in [6.07, 6.45) is 3.49. The summed E-state index contributed by atoms with van der Waals surface area (Å²) >= 11 is 0. The van der Waals surface area contributed by atoms with Crippen LogP contribution in [0.15, 0.2) is 18.3 Å². The molecule has 1 aromatic heterocycles. The Bertz CT molecular complexity index is 400. The molecule has 5 heteroatoms. The van der Waals surface area contributed by atoms with Crippen molar-refractivity contribution in [1.29, 1.82) is 0 Å². The number of nitrogens with zero attached hydrogens (tertiary/aromatic N) is 2. The van der Waals surface area contributed by atoms with Crippen molar-refractivity contribution in [2.75, 3.05) is 6.54 Å².